The molecule has 8 heavy (non-hydrogen) atoms. The molecular weight excluding hydrogens is 243 g/mol. The van der Waals surface area contributed by atoms with Crippen LogP contribution in [0, 0.1) is 0 Å². The average molecular weight is 252 g/mol. The highest BCUT2D eigenvalue weighted by Crippen LogP contribution is 2.57. The monoisotopic (exact) mass is 252 g/mol. The van der Waals surface area contributed by atoms with E-state index < -0.39 is 8.04 Å². The lowest BCUT2D eigenvalue weighted by Gasteiger charge is -2.25. The van der Waals surface area contributed by atoms with Gasteiger partial charge in [-0.2, -0.15) is 0 Å². The van der Waals surface area contributed by atoms with Crippen LogP contribution in [0.25, 0.3) is 0 Å². The van der Waals surface area contributed by atoms with E-state index in [1.165, 1.54) is 0 Å². The smallest absolute Gasteiger partial charge is 0.148 e. The zero-order valence-electron chi connectivity index (χ0n) is 5.01. The maximum absolute atomic E-state index is 4.86. The van der Waals surface area contributed by atoms with Crippen molar-refractivity contribution in [1.82, 2.24) is 0 Å². The van der Waals surface area contributed by atoms with Crippen LogP contribution < -0.4 is 0 Å². The van der Waals surface area contributed by atoms with Gasteiger partial charge < -0.3 is 0 Å². The van der Waals surface area contributed by atoms with Gasteiger partial charge in [-0.3, -0.25) is 12.5 Å². The molecular formula is C3H9IO3S. The number of rotatable bonds is 3. The largest absolute Gasteiger partial charge is 0.288 e. The second kappa shape index (κ2) is 3.89. The predicted molar refractivity (Wildman–Crippen MR) is 42.6 cm³/mol. The first-order valence-corrected chi connectivity index (χ1v) is 5.83. The van der Waals surface area contributed by atoms with Crippen molar-refractivity contribution < 1.29 is 12.5 Å². The molecule has 0 fully saturated rings. The molecule has 0 aromatic carbocycles. The fourth-order valence-corrected chi connectivity index (χ4v) is 0.612. The second-order valence-corrected chi connectivity index (χ2v) is 5.92. The van der Waals surface area contributed by atoms with Gasteiger partial charge >= 0.3 is 0 Å². The lowest BCUT2D eigenvalue weighted by atomic mass is 11.8. The van der Waals surface area contributed by atoms with Crippen LogP contribution in [0.3, 0.4) is 0 Å². The molecule has 0 amide bonds. The van der Waals surface area contributed by atoms with Crippen LogP contribution in [0.1, 0.15) is 0 Å². The molecule has 3 nitrogen and oxygen atoms in total. The standard InChI is InChI=1S/C3H9IO3S/c1-5-8(4,6-2)7-3/h1-3H3. The third-order valence-electron chi connectivity index (χ3n) is 0.597. The summed E-state index contributed by atoms with van der Waals surface area (Å²) < 4.78 is 14.6. The zero-order valence-corrected chi connectivity index (χ0v) is 7.98. The number of halogens is 1. The van der Waals surface area contributed by atoms with Crippen LogP contribution in [-0.2, 0) is 12.5 Å². The molecule has 0 aliphatic heterocycles. The molecule has 0 N–H and O–H groups in total. The van der Waals surface area contributed by atoms with Gasteiger partial charge in [0.05, 0.1) is 42.5 Å². The Kier molecular flexibility index (Phi) is 4.35. The summed E-state index contributed by atoms with van der Waals surface area (Å²) in [4.78, 5) is 0. The Morgan fingerprint density at radius 2 is 1.25 bits per heavy atom. The molecule has 0 rings (SSSR count). The van der Waals surface area contributed by atoms with E-state index in [-0.39, 0.29) is 0 Å². The summed E-state index contributed by atoms with van der Waals surface area (Å²) >= 11 is 1.98. The predicted octanol–water partition coefficient (Wildman–Crippen LogP) is 1.83. The summed E-state index contributed by atoms with van der Waals surface area (Å²) in [7, 11) is 2.97. The first kappa shape index (κ1) is 8.96. The van der Waals surface area contributed by atoms with Crippen molar-refractivity contribution in [1.29, 1.82) is 0 Å². The minimum absolute atomic E-state index is 1.55. The molecule has 0 saturated heterocycles. The summed E-state index contributed by atoms with van der Waals surface area (Å²) in [6, 6.07) is 0. The Morgan fingerprint density at radius 1 is 1.00 bits per heavy atom. The molecule has 0 aromatic rings. The first-order valence-electron chi connectivity index (χ1n) is 1.88. The number of hydrogen-bond acceptors (Lipinski definition) is 3. The molecule has 52 valence electrons. The Hall–Kier alpha value is 0.960. The van der Waals surface area contributed by atoms with Gasteiger partial charge in [0, 0.05) is 0 Å². The highest BCUT2D eigenvalue weighted by Gasteiger charge is 2.16. The van der Waals surface area contributed by atoms with Crippen molar-refractivity contribution in [2.24, 2.45) is 0 Å². The van der Waals surface area contributed by atoms with Gasteiger partial charge in [-0.15, -0.1) is 0 Å². The Morgan fingerprint density at radius 3 is 1.25 bits per heavy atom. The van der Waals surface area contributed by atoms with Crippen molar-refractivity contribution in [2.75, 3.05) is 21.3 Å². The highest BCUT2D eigenvalue weighted by molar-refractivity contribution is 14.2. The SMILES string of the molecule is COS(I)(OC)OC. The number of hydrogen-bond donors (Lipinski definition) is 0. The summed E-state index contributed by atoms with van der Waals surface area (Å²) in [6.07, 6.45) is 0. The van der Waals surface area contributed by atoms with Gasteiger partial charge in [-0.25, -0.2) is 0 Å². The fraction of sp³-hybridized carbons (Fsp3) is 1.00. The molecule has 0 heterocycles. The van der Waals surface area contributed by atoms with Crippen molar-refractivity contribution >= 4 is 29.2 Å². The Labute approximate surface area is 63.2 Å². The van der Waals surface area contributed by atoms with Gasteiger partial charge in [-0.05, 0) is 0 Å². The van der Waals surface area contributed by atoms with Crippen molar-refractivity contribution in [3.05, 3.63) is 0 Å². The van der Waals surface area contributed by atoms with Crippen LogP contribution in [0.2, 0.25) is 0 Å². The molecule has 0 aromatic heterocycles. The fourth-order valence-electron chi connectivity index (χ4n) is 0.204. The van der Waals surface area contributed by atoms with Crippen LogP contribution in [0.4, 0.5) is 0 Å². The summed E-state index contributed by atoms with van der Waals surface area (Å²) in [5.41, 5.74) is 0. The van der Waals surface area contributed by atoms with E-state index in [9.17, 15) is 0 Å². The topological polar surface area (TPSA) is 27.7 Å². The van der Waals surface area contributed by atoms with E-state index in [2.05, 4.69) is 0 Å². The third kappa shape index (κ3) is 2.49. The summed E-state index contributed by atoms with van der Waals surface area (Å²) in [5, 5.41) is 0. The molecule has 0 unspecified atom stereocenters. The first-order chi connectivity index (χ1) is 3.68. The molecule has 0 saturated carbocycles. The third-order valence-corrected chi connectivity index (χ3v) is 5.03. The van der Waals surface area contributed by atoms with E-state index in [1.807, 2.05) is 21.2 Å². The molecule has 5 heteroatoms. The minimum Gasteiger partial charge on any atom is -0.288 e. The van der Waals surface area contributed by atoms with Crippen molar-refractivity contribution in [3.63, 3.8) is 0 Å². The van der Waals surface area contributed by atoms with E-state index in [4.69, 9.17) is 12.5 Å². The summed E-state index contributed by atoms with van der Waals surface area (Å²) in [6.45, 7) is 0. The van der Waals surface area contributed by atoms with E-state index in [1.54, 1.807) is 21.3 Å². The van der Waals surface area contributed by atoms with E-state index in [0.717, 1.165) is 0 Å². The van der Waals surface area contributed by atoms with E-state index in [0.29, 0.717) is 0 Å². The van der Waals surface area contributed by atoms with Crippen molar-refractivity contribution in [2.45, 2.75) is 0 Å². The van der Waals surface area contributed by atoms with Gasteiger partial charge in [-0.1, -0.05) is 0 Å². The maximum atomic E-state index is 4.86. The molecule has 0 spiro atoms. The lowest BCUT2D eigenvalue weighted by Crippen LogP contribution is -1.96. The van der Waals surface area contributed by atoms with Gasteiger partial charge in [0.25, 0.3) is 0 Å². The molecule has 0 aliphatic rings. The van der Waals surface area contributed by atoms with Crippen LogP contribution in [0.5, 0.6) is 0 Å². The Balaban J connectivity index is 3.58. The molecule has 0 radical (unpaired) electrons. The Bertz CT molecular complexity index is 57.3. The van der Waals surface area contributed by atoms with Crippen LogP contribution in [-0.4, -0.2) is 21.3 Å². The maximum Gasteiger partial charge on any atom is 0.148 e. The molecule has 0 atom stereocenters. The zero-order chi connectivity index (χ0) is 6.62. The van der Waals surface area contributed by atoms with Crippen molar-refractivity contribution in [3.8, 4) is 0 Å². The highest BCUT2D eigenvalue weighted by atomic mass is 127. The normalized spacial score (nSPS) is 14.0. The quantitative estimate of drug-likeness (QED) is 0.717. The van der Waals surface area contributed by atoms with Crippen LogP contribution >= 0.6 is 29.2 Å². The molecule has 0 aliphatic carbocycles. The lowest BCUT2D eigenvalue weighted by molar-refractivity contribution is 0.270. The van der Waals surface area contributed by atoms with Gasteiger partial charge in [0.1, 0.15) is 8.04 Å². The minimum atomic E-state index is -1.68. The molecule has 0 bridgehead atoms. The summed E-state index contributed by atoms with van der Waals surface area (Å²) in [5.74, 6) is 0. The van der Waals surface area contributed by atoms with E-state index >= 15 is 0 Å². The van der Waals surface area contributed by atoms with Crippen LogP contribution in [0.15, 0.2) is 0 Å². The van der Waals surface area contributed by atoms with Gasteiger partial charge in [0.2, 0.25) is 0 Å². The average Bonchev–Trinajstić information content (AvgIpc) is 1.87. The second-order valence-electron chi connectivity index (χ2n) is 0.893. The van der Waals surface area contributed by atoms with Gasteiger partial charge in [0.15, 0.2) is 0 Å².